The van der Waals surface area contributed by atoms with Gasteiger partial charge in [0.1, 0.15) is 12.3 Å². The van der Waals surface area contributed by atoms with Crippen molar-refractivity contribution in [1.29, 1.82) is 0 Å². The number of nitrogens with one attached hydrogen (secondary N) is 1. The van der Waals surface area contributed by atoms with Gasteiger partial charge in [0.2, 0.25) is 0 Å². The van der Waals surface area contributed by atoms with Crippen molar-refractivity contribution in [2.75, 3.05) is 19.8 Å². The van der Waals surface area contributed by atoms with Crippen molar-refractivity contribution in [2.45, 2.75) is 13.0 Å². The van der Waals surface area contributed by atoms with E-state index in [9.17, 15) is 24.5 Å². The van der Waals surface area contributed by atoms with Crippen LogP contribution in [0.1, 0.15) is 18.5 Å². The van der Waals surface area contributed by atoms with Gasteiger partial charge in [0.15, 0.2) is 0 Å². The van der Waals surface area contributed by atoms with Crippen LogP contribution in [0.5, 0.6) is 0 Å². The van der Waals surface area contributed by atoms with Gasteiger partial charge >= 0.3 is 18.0 Å². The Morgan fingerprint density at radius 2 is 2.08 bits per heavy atom. The van der Waals surface area contributed by atoms with Crippen LogP contribution in [0, 0.1) is 10.1 Å². The molecule has 0 aliphatic carbocycles. The van der Waals surface area contributed by atoms with Crippen LogP contribution in [0.25, 0.3) is 0 Å². The van der Waals surface area contributed by atoms with E-state index in [2.05, 4.69) is 5.32 Å². The summed E-state index contributed by atoms with van der Waals surface area (Å²) in [5.74, 6) is -1.56. The standard InChI is InChI=1S/C16H15N3O7/c1-2-25-14(20)11-12(9-3-5-10(6-4-9)19(23)24)17-16(22)18-7-8-26-15(21)13(11)18/h3-6,12H,2,7-8H2,1H3,(H,17,22). The number of carbonyl (C=O) groups excluding carboxylic acids is 3. The number of non-ortho nitro benzene ring substituents is 1. The molecule has 2 heterocycles. The summed E-state index contributed by atoms with van der Waals surface area (Å²) in [5.41, 5.74) is 0.0317. The molecule has 1 unspecified atom stereocenters. The van der Waals surface area contributed by atoms with Crippen LogP contribution >= 0.6 is 0 Å². The van der Waals surface area contributed by atoms with Crippen molar-refractivity contribution in [3.63, 3.8) is 0 Å². The third-order valence-electron chi connectivity index (χ3n) is 4.00. The molecule has 10 nitrogen and oxygen atoms in total. The van der Waals surface area contributed by atoms with Crippen LogP contribution in [0.4, 0.5) is 10.5 Å². The number of benzene rings is 1. The average molecular weight is 361 g/mol. The summed E-state index contributed by atoms with van der Waals surface area (Å²) in [7, 11) is 0. The number of urea groups is 1. The first-order valence-corrected chi connectivity index (χ1v) is 7.84. The summed E-state index contributed by atoms with van der Waals surface area (Å²) in [6.07, 6.45) is 0. The Balaban J connectivity index is 2.11. The molecule has 1 fully saturated rings. The van der Waals surface area contributed by atoms with E-state index in [1.165, 1.54) is 24.3 Å². The number of amides is 2. The van der Waals surface area contributed by atoms with E-state index in [0.717, 1.165) is 4.90 Å². The molecule has 0 aromatic heterocycles. The molecule has 0 radical (unpaired) electrons. The van der Waals surface area contributed by atoms with Crippen LogP contribution < -0.4 is 5.32 Å². The highest BCUT2D eigenvalue weighted by molar-refractivity contribution is 6.06. The van der Waals surface area contributed by atoms with Gasteiger partial charge in [-0.05, 0) is 24.6 Å². The molecule has 1 aromatic carbocycles. The van der Waals surface area contributed by atoms with Gasteiger partial charge in [0.25, 0.3) is 5.69 Å². The quantitative estimate of drug-likeness (QED) is 0.482. The molecule has 0 spiro atoms. The Hall–Kier alpha value is -3.43. The van der Waals surface area contributed by atoms with Gasteiger partial charge in [-0.25, -0.2) is 14.4 Å². The fourth-order valence-electron chi connectivity index (χ4n) is 2.85. The van der Waals surface area contributed by atoms with Gasteiger partial charge < -0.3 is 14.8 Å². The van der Waals surface area contributed by atoms with Gasteiger partial charge in [-0.2, -0.15) is 0 Å². The fourth-order valence-corrected chi connectivity index (χ4v) is 2.85. The number of cyclic esters (lactones) is 1. The van der Waals surface area contributed by atoms with E-state index in [4.69, 9.17) is 9.47 Å². The fraction of sp³-hybridized carbons (Fsp3) is 0.312. The normalized spacial score (nSPS) is 19.4. The second-order valence-electron chi connectivity index (χ2n) is 5.50. The number of nitrogens with zero attached hydrogens (tertiary/aromatic N) is 2. The Morgan fingerprint density at radius 1 is 1.38 bits per heavy atom. The Bertz CT molecular complexity index is 816. The number of hydrogen-bond acceptors (Lipinski definition) is 7. The summed E-state index contributed by atoms with van der Waals surface area (Å²) < 4.78 is 10.0. The van der Waals surface area contributed by atoms with E-state index in [0.29, 0.717) is 5.56 Å². The highest BCUT2D eigenvalue weighted by atomic mass is 16.6. The minimum Gasteiger partial charge on any atom is -0.463 e. The lowest BCUT2D eigenvalue weighted by Gasteiger charge is -2.37. The molecule has 26 heavy (non-hydrogen) atoms. The van der Waals surface area contributed by atoms with Crippen molar-refractivity contribution >= 4 is 23.7 Å². The molecule has 136 valence electrons. The number of nitro groups is 1. The molecule has 3 rings (SSSR count). The van der Waals surface area contributed by atoms with Crippen molar-refractivity contribution in [3.8, 4) is 0 Å². The van der Waals surface area contributed by atoms with Crippen molar-refractivity contribution in [1.82, 2.24) is 10.2 Å². The molecule has 1 aromatic rings. The zero-order valence-electron chi connectivity index (χ0n) is 13.8. The molecule has 10 heteroatoms. The largest absolute Gasteiger partial charge is 0.463 e. The molecule has 1 N–H and O–H groups in total. The number of carbonyl (C=O) groups is 3. The number of nitro benzene ring substituents is 1. The maximum Gasteiger partial charge on any atom is 0.355 e. The highest BCUT2D eigenvalue weighted by Gasteiger charge is 2.43. The molecular formula is C16H15N3O7. The molecule has 1 atom stereocenters. The molecule has 1 saturated heterocycles. The van der Waals surface area contributed by atoms with E-state index >= 15 is 0 Å². The first kappa shape index (κ1) is 17.4. The maximum absolute atomic E-state index is 12.5. The lowest BCUT2D eigenvalue weighted by Crippen LogP contribution is -2.53. The van der Waals surface area contributed by atoms with Gasteiger partial charge in [0, 0.05) is 12.1 Å². The monoisotopic (exact) mass is 361 g/mol. The van der Waals surface area contributed by atoms with E-state index in [1.54, 1.807) is 6.92 Å². The Kier molecular flexibility index (Phi) is 4.57. The topological polar surface area (TPSA) is 128 Å². The zero-order valence-corrected chi connectivity index (χ0v) is 13.8. The van der Waals surface area contributed by atoms with Gasteiger partial charge in [-0.3, -0.25) is 15.0 Å². The zero-order chi connectivity index (χ0) is 18.8. The molecule has 2 aliphatic heterocycles. The maximum atomic E-state index is 12.5. The Labute approximate surface area is 147 Å². The summed E-state index contributed by atoms with van der Waals surface area (Å²) in [6, 6.07) is 3.77. The molecule has 0 bridgehead atoms. The number of ether oxygens (including phenoxy) is 2. The molecule has 0 saturated carbocycles. The van der Waals surface area contributed by atoms with Gasteiger partial charge in [0.05, 0.1) is 29.7 Å². The number of hydrogen-bond donors (Lipinski definition) is 1. The van der Waals surface area contributed by atoms with Crippen LogP contribution in [-0.4, -0.2) is 47.6 Å². The summed E-state index contributed by atoms with van der Waals surface area (Å²) in [5, 5.41) is 13.5. The molecule has 2 amide bonds. The lowest BCUT2D eigenvalue weighted by atomic mass is 9.94. The van der Waals surface area contributed by atoms with Crippen molar-refractivity contribution in [2.24, 2.45) is 0 Å². The lowest BCUT2D eigenvalue weighted by molar-refractivity contribution is -0.384. The number of fused-ring (bicyclic) bond motifs is 1. The molecule has 2 aliphatic rings. The predicted octanol–water partition coefficient (Wildman–Crippen LogP) is 1.04. The third-order valence-corrected chi connectivity index (χ3v) is 4.00. The average Bonchev–Trinajstić information content (AvgIpc) is 2.62. The van der Waals surface area contributed by atoms with E-state index in [1.807, 2.05) is 0 Å². The van der Waals surface area contributed by atoms with Gasteiger partial charge in [-0.1, -0.05) is 0 Å². The van der Waals surface area contributed by atoms with Crippen LogP contribution in [0.3, 0.4) is 0 Å². The smallest absolute Gasteiger partial charge is 0.355 e. The number of esters is 2. The van der Waals surface area contributed by atoms with Crippen molar-refractivity contribution in [3.05, 3.63) is 51.2 Å². The first-order valence-electron chi connectivity index (χ1n) is 7.84. The molecular weight excluding hydrogens is 346 g/mol. The van der Waals surface area contributed by atoms with Crippen LogP contribution in [0.15, 0.2) is 35.5 Å². The predicted molar refractivity (Wildman–Crippen MR) is 85.7 cm³/mol. The van der Waals surface area contributed by atoms with Crippen LogP contribution in [-0.2, 0) is 19.1 Å². The van der Waals surface area contributed by atoms with E-state index in [-0.39, 0.29) is 36.7 Å². The first-order chi connectivity index (χ1) is 12.4. The highest BCUT2D eigenvalue weighted by Crippen LogP contribution is 2.33. The summed E-state index contributed by atoms with van der Waals surface area (Å²) in [4.78, 5) is 48.5. The number of rotatable bonds is 4. The third kappa shape index (κ3) is 2.96. The summed E-state index contributed by atoms with van der Waals surface area (Å²) in [6.45, 7) is 1.82. The SMILES string of the molecule is CCOC(=O)C1=C2C(=O)OCCN2C(=O)NC1c1ccc([N+](=O)[O-])cc1. The number of morpholine rings is 1. The van der Waals surface area contributed by atoms with Gasteiger partial charge in [-0.15, -0.1) is 0 Å². The van der Waals surface area contributed by atoms with Crippen molar-refractivity contribution < 1.29 is 28.8 Å². The van der Waals surface area contributed by atoms with E-state index < -0.39 is 28.9 Å². The van der Waals surface area contributed by atoms with Crippen LogP contribution in [0.2, 0.25) is 0 Å². The second kappa shape index (κ2) is 6.82. The summed E-state index contributed by atoms with van der Waals surface area (Å²) >= 11 is 0. The second-order valence-corrected chi connectivity index (χ2v) is 5.50. The minimum absolute atomic E-state index is 0.0219. The Morgan fingerprint density at radius 3 is 2.69 bits per heavy atom. The minimum atomic E-state index is -0.987.